The molecule has 0 unspecified atom stereocenters. The van der Waals surface area contributed by atoms with Gasteiger partial charge in [-0.25, -0.2) is 8.78 Å². The number of thiocarbonyl (C=S) groups is 1. The van der Waals surface area contributed by atoms with Gasteiger partial charge in [0.25, 0.3) is 0 Å². The van der Waals surface area contributed by atoms with E-state index in [1.54, 1.807) is 18.2 Å². The Hall–Kier alpha value is -1.53. The molecule has 0 bridgehead atoms. The molecule has 0 radical (unpaired) electrons. The lowest BCUT2D eigenvalue weighted by atomic mass is 10.2. The minimum absolute atomic E-state index is 0.191. The van der Waals surface area contributed by atoms with Gasteiger partial charge in [0.05, 0.1) is 4.47 Å². The Morgan fingerprint density at radius 1 is 1.11 bits per heavy atom. The summed E-state index contributed by atoms with van der Waals surface area (Å²) in [5.41, 5.74) is 6.14. The van der Waals surface area contributed by atoms with Gasteiger partial charge in [0.15, 0.2) is 11.6 Å². The third-order valence-electron chi connectivity index (χ3n) is 2.33. The summed E-state index contributed by atoms with van der Waals surface area (Å²) < 4.78 is 32.3. The normalized spacial score (nSPS) is 10.3. The van der Waals surface area contributed by atoms with Crippen LogP contribution in [0.1, 0.15) is 5.56 Å². The number of ether oxygens (including phenoxy) is 1. The van der Waals surface area contributed by atoms with Crippen molar-refractivity contribution in [2.75, 3.05) is 0 Å². The molecular weight excluding hydrogens is 336 g/mol. The Morgan fingerprint density at radius 2 is 1.84 bits per heavy atom. The van der Waals surface area contributed by atoms with E-state index in [1.165, 1.54) is 0 Å². The summed E-state index contributed by atoms with van der Waals surface area (Å²) in [6, 6.07) is 7.86. The van der Waals surface area contributed by atoms with Crippen LogP contribution in [0, 0.1) is 11.6 Å². The average Bonchev–Trinajstić information content (AvgIpc) is 2.36. The molecule has 0 fully saturated rings. The van der Waals surface area contributed by atoms with Gasteiger partial charge in [-0.3, -0.25) is 0 Å². The van der Waals surface area contributed by atoms with Crippen molar-refractivity contribution in [2.24, 2.45) is 5.73 Å². The summed E-state index contributed by atoms with van der Waals surface area (Å²) in [7, 11) is 0. The van der Waals surface area contributed by atoms with Gasteiger partial charge in [-0.1, -0.05) is 12.2 Å². The molecule has 0 atom stereocenters. The summed E-state index contributed by atoms with van der Waals surface area (Å²) in [5.74, 6) is -1.08. The molecule has 0 aliphatic rings. The molecule has 0 saturated heterocycles. The molecule has 2 rings (SSSR count). The molecule has 0 aliphatic heterocycles. The third kappa shape index (κ3) is 3.27. The summed E-state index contributed by atoms with van der Waals surface area (Å²) in [6.45, 7) is 0. The van der Waals surface area contributed by atoms with Crippen molar-refractivity contribution in [3.63, 3.8) is 0 Å². The van der Waals surface area contributed by atoms with Gasteiger partial charge in [0.2, 0.25) is 0 Å². The van der Waals surface area contributed by atoms with Crippen LogP contribution in [-0.2, 0) is 0 Å². The number of benzene rings is 2. The number of nitrogens with two attached hydrogens (primary N) is 1. The first-order valence-corrected chi connectivity index (χ1v) is 6.40. The van der Waals surface area contributed by atoms with Crippen LogP contribution in [-0.4, -0.2) is 4.99 Å². The Balaban J connectivity index is 2.33. The fraction of sp³-hybridized carbons (Fsp3) is 0. The van der Waals surface area contributed by atoms with E-state index >= 15 is 0 Å². The van der Waals surface area contributed by atoms with Crippen molar-refractivity contribution in [1.29, 1.82) is 0 Å². The van der Waals surface area contributed by atoms with E-state index in [9.17, 15) is 8.78 Å². The fourth-order valence-electron chi connectivity index (χ4n) is 1.41. The largest absolute Gasteiger partial charge is 0.453 e. The average molecular weight is 344 g/mol. The Morgan fingerprint density at radius 3 is 2.47 bits per heavy atom. The van der Waals surface area contributed by atoms with Crippen molar-refractivity contribution in [1.82, 2.24) is 0 Å². The summed E-state index contributed by atoms with van der Waals surface area (Å²) in [5, 5.41) is 0. The van der Waals surface area contributed by atoms with E-state index in [4.69, 9.17) is 22.7 Å². The van der Waals surface area contributed by atoms with Crippen LogP contribution < -0.4 is 10.5 Å². The highest BCUT2D eigenvalue weighted by Gasteiger charge is 2.10. The quantitative estimate of drug-likeness (QED) is 0.850. The highest BCUT2D eigenvalue weighted by molar-refractivity contribution is 9.10. The van der Waals surface area contributed by atoms with Gasteiger partial charge in [0, 0.05) is 11.6 Å². The maximum atomic E-state index is 13.4. The maximum Gasteiger partial charge on any atom is 0.166 e. The number of rotatable bonds is 3. The van der Waals surface area contributed by atoms with E-state index in [1.807, 2.05) is 0 Å². The molecule has 98 valence electrons. The van der Waals surface area contributed by atoms with Gasteiger partial charge >= 0.3 is 0 Å². The second-order valence-electron chi connectivity index (χ2n) is 3.69. The molecule has 2 N–H and O–H groups in total. The first-order valence-electron chi connectivity index (χ1n) is 5.19. The van der Waals surface area contributed by atoms with Gasteiger partial charge in [-0.05, 0) is 46.3 Å². The Kier molecular flexibility index (Phi) is 4.11. The molecular formula is C13H8BrF2NOS. The van der Waals surface area contributed by atoms with Gasteiger partial charge < -0.3 is 10.5 Å². The molecule has 2 nitrogen and oxygen atoms in total. The highest BCUT2D eigenvalue weighted by Crippen LogP contribution is 2.32. The predicted octanol–water partition coefficient (Wildman–Crippen LogP) is 4.15. The van der Waals surface area contributed by atoms with E-state index in [-0.39, 0.29) is 10.7 Å². The standard InChI is InChI=1S/C13H8BrF2NOS/c14-9-5-7(13(17)19)1-4-11(9)18-12-6-8(15)2-3-10(12)16/h1-6H,(H2,17,19). The number of hydrogen-bond donors (Lipinski definition) is 1. The van der Waals surface area contributed by atoms with Gasteiger partial charge in [-0.15, -0.1) is 0 Å². The summed E-state index contributed by atoms with van der Waals surface area (Å²) in [6.07, 6.45) is 0. The fourth-order valence-corrected chi connectivity index (χ4v) is 2.00. The minimum Gasteiger partial charge on any atom is -0.453 e. The smallest absolute Gasteiger partial charge is 0.166 e. The number of halogens is 3. The van der Waals surface area contributed by atoms with Crippen molar-refractivity contribution in [2.45, 2.75) is 0 Å². The molecule has 2 aromatic rings. The third-order valence-corrected chi connectivity index (χ3v) is 3.18. The number of hydrogen-bond acceptors (Lipinski definition) is 2. The zero-order valence-corrected chi connectivity index (χ0v) is 11.9. The zero-order valence-electron chi connectivity index (χ0n) is 9.49. The molecule has 2 aromatic carbocycles. The monoisotopic (exact) mass is 343 g/mol. The first-order chi connectivity index (χ1) is 8.97. The topological polar surface area (TPSA) is 35.2 Å². The lowest BCUT2D eigenvalue weighted by Gasteiger charge is -2.09. The maximum absolute atomic E-state index is 13.4. The van der Waals surface area contributed by atoms with Crippen LogP contribution in [0.5, 0.6) is 11.5 Å². The lowest BCUT2D eigenvalue weighted by Crippen LogP contribution is -2.09. The van der Waals surface area contributed by atoms with E-state index in [0.29, 0.717) is 15.8 Å². The van der Waals surface area contributed by atoms with E-state index in [2.05, 4.69) is 15.9 Å². The SMILES string of the molecule is NC(=S)c1ccc(Oc2cc(F)ccc2F)c(Br)c1. The molecule has 19 heavy (non-hydrogen) atoms. The second-order valence-corrected chi connectivity index (χ2v) is 4.98. The van der Waals surface area contributed by atoms with Crippen LogP contribution in [0.4, 0.5) is 8.78 Å². The lowest BCUT2D eigenvalue weighted by molar-refractivity contribution is 0.434. The van der Waals surface area contributed by atoms with Crippen molar-refractivity contribution >= 4 is 33.1 Å². The molecule has 0 aliphatic carbocycles. The van der Waals surface area contributed by atoms with Crippen LogP contribution in [0.25, 0.3) is 0 Å². The van der Waals surface area contributed by atoms with E-state index < -0.39 is 11.6 Å². The van der Waals surface area contributed by atoms with E-state index in [0.717, 1.165) is 18.2 Å². The van der Waals surface area contributed by atoms with Crippen molar-refractivity contribution < 1.29 is 13.5 Å². The van der Waals surface area contributed by atoms with Gasteiger partial charge in [0.1, 0.15) is 16.6 Å². The molecule has 6 heteroatoms. The zero-order chi connectivity index (χ0) is 14.0. The Labute approximate surface area is 122 Å². The van der Waals surface area contributed by atoms with Crippen LogP contribution >= 0.6 is 28.1 Å². The summed E-state index contributed by atoms with van der Waals surface area (Å²) >= 11 is 8.10. The molecule has 0 aromatic heterocycles. The minimum atomic E-state index is -0.647. The molecule has 0 spiro atoms. The van der Waals surface area contributed by atoms with Crippen molar-refractivity contribution in [3.05, 3.63) is 58.1 Å². The predicted molar refractivity (Wildman–Crippen MR) is 76.5 cm³/mol. The molecule has 0 saturated carbocycles. The summed E-state index contributed by atoms with van der Waals surface area (Å²) in [4.78, 5) is 0.240. The molecule has 0 amide bonds. The molecule has 0 heterocycles. The second kappa shape index (κ2) is 5.63. The van der Waals surface area contributed by atoms with Crippen LogP contribution in [0.2, 0.25) is 0 Å². The van der Waals surface area contributed by atoms with Crippen LogP contribution in [0.15, 0.2) is 40.9 Å². The first kappa shape index (κ1) is 13.9. The van der Waals surface area contributed by atoms with Gasteiger partial charge in [-0.2, -0.15) is 0 Å². The highest BCUT2D eigenvalue weighted by atomic mass is 79.9. The Bertz CT molecular complexity index is 649. The van der Waals surface area contributed by atoms with Crippen LogP contribution in [0.3, 0.4) is 0 Å². The van der Waals surface area contributed by atoms with Crippen molar-refractivity contribution in [3.8, 4) is 11.5 Å².